The van der Waals surface area contributed by atoms with Gasteiger partial charge in [0.1, 0.15) is 0 Å². The molecule has 0 saturated carbocycles. The molecule has 3 N–H and O–H groups in total. The van der Waals surface area contributed by atoms with E-state index in [1.807, 2.05) is 19.1 Å². The van der Waals surface area contributed by atoms with Crippen molar-refractivity contribution in [3.8, 4) is 0 Å². The summed E-state index contributed by atoms with van der Waals surface area (Å²) in [6, 6.07) is 8.41. The van der Waals surface area contributed by atoms with E-state index in [1.54, 1.807) is 30.6 Å². The Hall–Kier alpha value is -2.07. The number of carbonyl (C=O) groups excluding carboxylic acids is 1. The first-order valence-electron chi connectivity index (χ1n) is 5.83. The van der Waals surface area contributed by atoms with Gasteiger partial charge in [0, 0.05) is 23.1 Å². The predicted octanol–water partition coefficient (Wildman–Crippen LogP) is 2.81. The lowest BCUT2D eigenvalue weighted by atomic mass is 10.1. The lowest BCUT2D eigenvalue weighted by molar-refractivity contribution is 0.0941. The molecule has 1 heterocycles. The van der Waals surface area contributed by atoms with Gasteiger partial charge >= 0.3 is 0 Å². The van der Waals surface area contributed by atoms with Crippen LogP contribution in [0.15, 0.2) is 42.7 Å². The SMILES string of the molecule is C[C@@H](NC(=O)c1ccc(Cl)cc1N)c1cccnc1. The summed E-state index contributed by atoms with van der Waals surface area (Å²) in [7, 11) is 0. The Morgan fingerprint density at radius 3 is 2.84 bits per heavy atom. The third-order valence-corrected chi connectivity index (χ3v) is 3.03. The number of benzene rings is 1. The Kier molecular flexibility index (Phi) is 4.02. The van der Waals surface area contributed by atoms with Gasteiger partial charge in [0.2, 0.25) is 0 Å². The Balaban J connectivity index is 2.13. The number of amides is 1. The zero-order chi connectivity index (χ0) is 13.8. The highest BCUT2D eigenvalue weighted by Gasteiger charge is 2.13. The molecule has 1 aromatic heterocycles. The van der Waals surface area contributed by atoms with Crippen LogP contribution in [0.3, 0.4) is 0 Å². The molecule has 1 aromatic carbocycles. The van der Waals surface area contributed by atoms with E-state index in [0.29, 0.717) is 16.3 Å². The molecular formula is C14H14ClN3O. The fourth-order valence-corrected chi connectivity index (χ4v) is 1.91. The molecule has 5 heteroatoms. The van der Waals surface area contributed by atoms with Crippen molar-refractivity contribution in [2.75, 3.05) is 5.73 Å². The van der Waals surface area contributed by atoms with Gasteiger partial charge in [-0.2, -0.15) is 0 Å². The van der Waals surface area contributed by atoms with Crippen molar-refractivity contribution in [1.82, 2.24) is 10.3 Å². The molecule has 4 nitrogen and oxygen atoms in total. The van der Waals surface area contributed by atoms with E-state index in [-0.39, 0.29) is 11.9 Å². The van der Waals surface area contributed by atoms with Gasteiger partial charge in [-0.3, -0.25) is 9.78 Å². The second-order valence-corrected chi connectivity index (χ2v) is 4.65. The van der Waals surface area contributed by atoms with E-state index >= 15 is 0 Å². The number of halogens is 1. The minimum atomic E-state index is -0.231. The van der Waals surface area contributed by atoms with Crippen LogP contribution in [0.5, 0.6) is 0 Å². The van der Waals surface area contributed by atoms with Crippen LogP contribution in [0.2, 0.25) is 5.02 Å². The standard InChI is InChI=1S/C14H14ClN3O/c1-9(10-3-2-6-17-8-10)18-14(19)12-5-4-11(15)7-13(12)16/h2-9H,16H2,1H3,(H,18,19)/t9-/m1/s1. The normalized spacial score (nSPS) is 11.9. The lowest BCUT2D eigenvalue weighted by Gasteiger charge is -2.14. The molecule has 0 radical (unpaired) electrons. The fraction of sp³-hybridized carbons (Fsp3) is 0.143. The van der Waals surface area contributed by atoms with E-state index in [9.17, 15) is 4.79 Å². The van der Waals surface area contributed by atoms with E-state index in [4.69, 9.17) is 17.3 Å². The van der Waals surface area contributed by atoms with Crippen LogP contribution in [0.1, 0.15) is 28.9 Å². The number of carbonyl (C=O) groups is 1. The molecular weight excluding hydrogens is 262 g/mol. The van der Waals surface area contributed by atoms with Gasteiger partial charge in [-0.1, -0.05) is 17.7 Å². The first-order chi connectivity index (χ1) is 9.08. The maximum absolute atomic E-state index is 12.1. The Morgan fingerprint density at radius 2 is 2.21 bits per heavy atom. The third kappa shape index (κ3) is 3.23. The Bertz CT molecular complexity index is 586. The molecule has 1 amide bonds. The number of nitrogen functional groups attached to an aromatic ring is 1. The van der Waals surface area contributed by atoms with E-state index in [0.717, 1.165) is 5.56 Å². The summed E-state index contributed by atoms with van der Waals surface area (Å²) in [4.78, 5) is 16.1. The molecule has 0 aliphatic carbocycles. The number of nitrogens with zero attached hydrogens (tertiary/aromatic N) is 1. The molecule has 98 valence electrons. The molecule has 0 aliphatic heterocycles. The van der Waals surface area contributed by atoms with Crippen molar-refractivity contribution in [3.63, 3.8) is 0 Å². The Morgan fingerprint density at radius 1 is 1.42 bits per heavy atom. The van der Waals surface area contributed by atoms with Gasteiger partial charge in [-0.25, -0.2) is 0 Å². The zero-order valence-corrected chi connectivity index (χ0v) is 11.2. The monoisotopic (exact) mass is 275 g/mol. The predicted molar refractivity (Wildman–Crippen MR) is 76.0 cm³/mol. The molecule has 0 saturated heterocycles. The number of hydrogen-bond acceptors (Lipinski definition) is 3. The van der Waals surface area contributed by atoms with E-state index in [2.05, 4.69) is 10.3 Å². The third-order valence-electron chi connectivity index (χ3n) is 2.79. The highest BCUT2D eigenvalue weighted by atomic mass is 35.5. The second-order valence-electron chi connectivity index (χ2n) is 4.21. The van der Waals surface area contributed by atoms with Crippen molar-refractivity contribution in [2.24, 2.45) is 0 Å². The minimum absolute atomic E-state index is 0.142. The maximum Gasteiger partial charge on any atom is 0.253 e. The van der Waals surface area contributed by atoms with Gasteiger partial charge < -0.3 is 11.1 Å². The molecule has 0 fully saturated rings. The van der Waals surface area contributed by atoms with Crippen LogP contribution in [-0.2, 0) is 0 Å². The minimum Gasteiger partial charge on any atom is -0.398 e. The van der Waals surface area contributed by atoms with E-state index in [1.165, 1.54) is 0 Å². The topological polar surface area (TPSA) is 68.0 Å². The van der Waals surface area contributed by atoms with Crippen LogP contribution in [0.25, 0.3) is 0 Å². The maximum atomic E-state index is 12.1. The van der Waals surface area contributed by atoms with E-state index < -0.39 is 0 Å². The summed E-state index contributed by atoms with van der Waals surface area (Å²) in [6.45, 7) is 1.89. The molecule has 0 unspecified atom stereocenters. The zero-order valence-electron chi connectivity index (χ0n) is 10.4. The lowest BCUT2D eigenvalue weighted by Crippen LogP contribution is -2.27. The van der Waals surface area contributed by atoms with Gasteiger partial charge in [0.15, 0.2) is 0 Å². The molecule has 0 bridgehead atoms. The highest BCUT2D eigenvalue weighted by Crippen LogP contribution is 2.19. The number of nitrogens with one attached hydrogen (secondary N) is 1. The van der Waals surface area contributed by atoms with Crippen molar-refractivity contribution in [1.29, 1.82) is 0 Å². The van der Waals surface area contributed by atoms with Gasteiger partial charge in [0.25, 0.3) is 5.91 Å². The number of hydrogen-bond donors (Lipinski definition) is 2. The number of pyridine rings is 1. The summed E-state index contributed by atoms with van der Waals surface area (Å²) in [5.41, 5.74) is 7.49. The van der Waals surface area contributed by atoms with Crippen LogP contribution in [-0.4, -0.2) is 10.9 Å². The van der Waals surface area contributed by atoms with Crippen molar-refractivity contribution in [2.45, 2.75) is 13.0 Å². The summed E-state index contributed by atoms with van der Waals surface area (Å²) in [5, 5.41) is 3.38. The molecule has 2 rings (SSSR count). The molecule has 1 atom stereocenters. The average molecular weight is 276 g/mol. The molecule has 0 aliphatic rings. The number of aromatic nitrogens is 1. The van der Waals surface area contributed by atoms with Crippen LogP contribution >= 0.6 is 11.6 Å². The van der Waals surface area contributed by atoms with Crippen molar-refractivity contribution < 1.29 is 4.79 Å². The van der Waals surface area contributed by atoms with Gasteiger partial charge in [0.05, 0.1) is 11.6 Å². The van der Waals surface area contributed by atoms with Crippen LogP contribution in [0, 0.1) is 0 Å². The quantitative estimate of drug-likeness (QED) is 0.847. The highest BCUT2D eigenvalue weighted by molar-refractivity contribution is 6.31. The Labute approximate surface area is 116 Å². The summed E-state index contributed by atoms with van der Waals surface area (Å²) in [5.74, 6) is -0.231. The first-order valence-corrected chi connectivity index (χ1v) is 6.21. The average Bonchev–Trinajstić information content (AvgIpc) is 2.39. The van der Waals surface area contributed by atoms with Gasteiger partial charge in [-0.15, -0.1) is 0 Å². The first kappa shape index (κ1) is 13.4. The fourth-order valence-electron chi connectivity index (χ4n) is 1.73. The number of nitrogens with two attached hydrogens (primary N) is 1. The summed E-state index contributed by atoms with van der Waals surface area (Å²) in [6.07, 6.45) is 3.41. The largest absolute Gasteiger partial charge is 0.398 e. The number of rotatable bonds is 3. The summed E-state index contributed by atoms with van der Waals surface area (Å²) >= 11 is 5.80. The van der Waals surface area contributed by atoms with Crippen molar-refractivity contribution >= 4 is 23.2 Å². The van der Waals surface area contributed by atoms with Gasteiger partial charge in [-0.05, 0) is 36.8 Å². The number of anilines is 1. The summed E-state index contributed by atoms with van der Waals surface area (Å²) < 4.78 is 0. The molecule has 2 aromatic rings. The van der Waals surface area contributed by atoms with Crippen LogP contribution < -0.4 is 11.1 Å². The second kappa shape index (κ2) is 5.71. The smallest absolute Gasteiger partial charge is 0.253 e. The van der Waals surface area contributed by atoms with Crippen molar-refractivity contribution in [3.05, 3.63) is 58.9 Å². The molecule has 19 heavy (non-hydrogen) atoms. The molecule has 0 spiro atoms. The van der Waals surface area contributed by atoms with Crippen LogP contribution in [0.4, 0.5) is 5.69 Å².